The van der Waals surface area contributed by atoms with Gasteiger partial charge >= 0.3 is 0 Å². The molecule has 3 N–H and O–H groups in total. The van der Waals surface area contributed by atoms with Crippen molar-refractivity contribution in [1.82, 2.24) is 30.8 Å². The largest absolute Gasteiger partial charge is 0.290 e. The third-order valence-electron chi connectivity index (χ3n) is 5.20. The molecule has 2 aromatic heterocycles. The van der Waals surface area contributed by atoms with Crippen LogP contribution in [-0.4, -0.2) is 31.8 Å². The maximum absolute atomic E-state index is 13.0. The lowest BCUT2D eigenvalue weighted by Gasteiger charge is -2.11. The van der Waals surface area contributed by atoms with Gasteiger partial charge in [-0.15, -0.1) is 0 Å². The Labute approximate surface area is 193 Å². The molecule has 0 bridgehead atoms. The molecule has 0 unspecified atom stereocenters. The average molecular weight is 450 g/mol. The topological polar surface area (TPSA) is 122 Å². The summed E-state index contributed by atoms with van der Waals surface area (Å²) in [4.78, 5) is 38.5. The van der Waals surface area contributed by atoms with Crippen molar-refractivity contribution in [3.8, 4) is 16.9 Å². The van der Waals surface area contributed by atoms with Crippen LogP contribution in [0.25, 0.3) is 27.7 Å². The summed E-state index contributed by atoms with van der Waals surface area (Å²) in [5, 5.41) is 11.8. The van der Waals surface area contributed by atoms with E-state index >= 15 is 0 Å². The van der Waals surface area contributed by atoms with Gasteiger partial charge in [-0.3, -0.25) is 30.3 Å². The number of aromatic nitrogens is 4. The first-order chi connectivity index (χ1) is 16.6. The fourth-order valence-corrected chi connectivity index (χ4v) is 3.54. The molecular weight excluding hydrogens is 432 g/mol. The third-order valence-corrected chi connectivity index (χ3v) is 5.20. The van der Waals surface area contributed by atoms with Gasteiger partial charge in [0.25, 0.3) is 17.4 Å². The molecule has 0 spiro atoms. The van der Waals surface area contributed by atoms with E-state index in [2.05, 4.69) is 26.1 Å². The normalized spacial score (nSPS) is 10.7. The van der Waals surface area contributed by atoms with Gasteiger partial charge in [0, 0.05) is 10.9 Å². The molecule has 34 heavy (non-hydrogen) atoms. The van der Waals surface area contributed by atoms with E-state index in [1.807, 2.05) is 36.4 Å². The molecule has 0 saturated heterocycles. The smallest absolute Gasteiger partial charge is 0.272 e. The molecule has 2 amide bonds. The lowest BCUT2D eigenvalue weighted by molar-refractivity contribution is 0.0841. The van der Waals surface area contributed by atoms with E-state index in [1.54, 1.807) is 54.6 Å². The Bertz CT molecular complexity index is 1560. The molecule has 0 saturated carbocycles. The van der Waals surface area contributed by atoms with Gasteiger partial charge in [-0.2, -0.15) is 14.9 Å². The maximum atomic E-state index is 13.0. The summed E-state index contributed by atoms with van der Waals surface area (Å²) in [5.41, 5.74) is 6.51. The van der Waals surface area contributed by atoms with Crippen LogP contribution in [0.2, 0.25) is 0 Å². The van der Waals surface area contributed by atoms with Crippen molar-refractivity contribution in [3.63, 3.8) is 0 Å². The number of amides is 2. The quantitative estimate of drug-likeness (QED) is 0.364. The number of hydrazine groups is 1. The van der Waals surface area contributed by atoms with Gasteiger partial charge in [-0.1, -0.05) is 66.7 Å². The van der Waals surface area contributed by atoms with Crippen LogP contribution in [0.15, 0.2) is 95.8 Å². The third kappa shape index (κ3) is 3.93. The summed E-state index contributed by atoms with van der Waals surface area (Å²) in [6.45, 7) is 0. The molecule has 0 aliphatic heterocycles. The second-order valence-electron chi connectivity index (χ2n) is 7.39. The predicted octanol–water partition coefficient (Wildman–Crippen LogP) is 2.85. The fourth-order valence-electron chi connectivity index (χ4n) is 3.54. The van der Waals surface area contributed by atoms with Gasteiger partial charge in [0.05, 0.1) is 16.8 Å². The molecule has 5 aromatic rings. The van der Waals surface area contributed by atoms with Crippen LogP contribution in [0.4, 0.5) is 0 Å². The van der Waals surface area contributed by atoms with E-state index in [1.165, 1.54) is 4.68 Å². The van der Waals surface area contributed by atoms with Gasteiger partial charge in [0.1, 0.15) is 5.69 Å². The highest BCUT2D eigenvalue weighted by Crippen LogP contribution is 2.17. The first-order valence-corrected chi connectivity index (χ1v) is 10.4. The lowest BCUT2D eigenvalue weighted by atomic mass is 10.1. The van der Waals surface area contributed by atoms with Crippen molar-refractivity contribution in [1.29, 1.82) is 0 Å². The number of fused-ring (bicyclic) bond motifs is 1. The molecule has 3 aromatic carbocycles. The van der Waals surface area contributed by atoms with Crippen LogP contribution >= 0.6 is 0 Å². The van der Waals surface area contributed by atoms with Gasteiger partial charge in [-0.25, -0.2) is 0 Å². The molecule has 0 atom stereocenters. The number of hydrogen-bond acceptors (Lipinski definition) is 5. The van der Waals surface area contributed by atoms with Crippen LogP contribution in [0, 0.1) is 0 Å². The highest BCUT2D eigenvalue weighted by molar-refractivity contribution is 6.06. The molecule has 2 heterocycles. The van der Waals surface area contributed by atoms with Crippen molar-refractivity contribution in [2.45, 2.75) is 0 Å². The maximum Gasteiger partial charge on any atom is 0.290 e. The van der Waals surface area contributed by atoms with Crippen molar-refractivity contribution in [3.05, 3.63) is 113 Å². The van der Waals surface area contributed by atoms with Gasteiger partial charge in [0.15, 0.2) is 5.69 Å². The van der Waals surface area contributed by atoms with Crippen LogP contribution < -0.4 is 16.4 Å². The number of carbonyl (C=O) groups is 2. The minimum atomic E-state index is -0.669. The summed E-state index contributed by atoms with van der Waals surface area (Å²) in [7, 11) is 0. The number of benzene rings is 3. The Morgan fingerprint density at radius 2 is 1.38 bits per heavy atom. The van der Waals surface area contributed by atoms with Crippen LogP contribution in [-0.2, 0) is 0 Å². The lowest BCUT2D eigenvalue weighted by Crippen LogP contribution is -2.42. The van der Waals surface area contributed by atoms with E-state index < -0.39 is 11.8 Å². The number of hydrogen-bond donors (Lipinski definition) is 3. The zero-order chi connectivity index (χ0) is 23.5. The Morgan fingerprint density at radius 1 is 0.765 bits per heavy atom. The van der Waals surface area contributed by atoms with E-state index in [-0.39, 0.29) is 16.9 Å². The van der Waals surface area contributed by atoms with Crippen molar-refractivity contribution in [2.75, 3.05) is 0 Å². The number of carbonyl (C=O) groups excluding carboxylic acids is 2. The molecule has 9 nitrogen and oxygen atoms in total. The Morgan fingerprint density at radius 3 is 2.12 bits per heavy atom. The number of aromatic amines is 1. The minimum absolute atomic E-state index is 0.00561. The molecular formula is C25H18N6O3. The summed E-state index contributed by atoms with van der Waals surface area (Å²) in [5.74, 6) is -1.25. The number of nitrogens with one attached hydrogen (secondary N) is 3. The minimum Gasteiger partial charge on any atom is -0.272 e. The average Bonchev–Trinajstić information content (AvgIpc) is 3.39. The molecule has 166 valence electrons. The molecule has 0 aliphatic carbocycles. The number of nitrogens with zero attached hydrogens (tertiary/aromatic N) is 3. The van der Waals surface area contributed by atoms with E-state index in [0.717, 1.165) is 5.56 Å². The highest BCUT2D eigenvalue weighted by atomic mass is 16.2. The first-order valence-electron chi connectivity index (χ1n) is 10.4. The molecule has 0 aliphatic rings. The van der Waals surface area contributed by atoms with E-state index in [0.29, 0.717) is 22.2 Å². The Kier molecular flexibility index (Phi) is 5.41. The van der Waals surface area contributed by atoms with Crippen LogP contribution in [0.3, 0.4) is 0 Å². The fraction of sp³-hybridized carbons (Fsp3) is 0. The molecule has 0 fully saturated rings. The summed E-state index contributed by atoms with van der Waals surface area (Å²) in [6.07, 6.45) is 0. The zero-order valence-corrected chi connectivity index (χ0v) is 17.7. The van der Waals surface area contributed by atoms with Crippen molar-refractivity contribution >= 4 is 22.6 Å². The second kappa shape index (κ2) is 8.83. The number of H-pyrrole nitrogens is 1. The number of para-hydroxylation sites is 1. The molecule has 0 radical (unpaired) electrons. The van der Waals surface area contributed by atoms with Gasteiger partial charge < -0.3 is 0 Å². The van der Waals surface area contributed by atoms with E-state index in [4.69, 9.17) is 0 Å². The highest BCUT2D eigenvalue weighted by Gasteiger charge is 2.19. The van der Waals surface area contributed by atoms with Crippen molar-refractivity contribution in [2.24, 2.45) is 0 Å². The zero-order valence-electron chi connectivity index (χ0n) is 17.7. The standard InChI is InChI=1S/C25H18N6O3/c32-23(21-15-20(26-27-21)16-9-3-1-4-10-16)28-29-24(33)22-18-13-7-8-14-19(18)25(34)31(30-22)17-11-5-2-6-12-17/h1-15H,(H,26,27)(H,28,32)(H,29,33). The molecule has 9 heteroatoms. The summed E-state index contributed by atoms with van der Waals surface area (Å²) >= 11 is 0. The van der Waals surface area contributed by atoms with E-state index in [9.17, 15) is 14.4 Å². The van der Waals surface area contributed by atoms with Crippen molar-refractivity contribution < 1.29 is 9.59 Å². The van der Waals surface area contributed by atoms with Crippen LogP contribution in [0.1, 0.15) is 21.0 Å². The van der Waals surface area contributed by atoms with Crippen LogP contribution in [0.5, 0.6) is 0 Å². The second-order valence-corrected chi connectivity index (χ2v) is 7.39. The number of rotatable bonds is 4. The Hall–Kier alpha value is -5.05. The SMILES string of the molecule is O=C(NNC(=O)c1nn(-c2ccccc2)c(=O)c2ccccc12)c1cc(-c2ccccc2)n[nH]1. The summed E-state index contributed by atoms with van der Waals surface area (Å²) in [6, 6.07) is 26.4. The Balaban J connectivity index is 1.41. The molecule has 5 rings (SSSR count). The monoisotopic (exact) mass is 450 g/mol. The van der Waals surface area contributed by atoms with Gasteiger partial charge in [0.2, 0.25) is 0 Å². The first kappa shape index (κ1) is 20.8. The predicted molar refractivity (Wildman–Crippen MR) is 126 cm³/mol. The summed E-state index contributed by atoms with van der Waals surface area (Å²) < 4.78 is 1.17. The van der Waals surface area contributed by atoms with Gasteiger partial charge in [-0.05, 0) is 24.3 Å².